The fourth-order valence-corrected chi connectivity index (χ4v) is 7.33. The molecule has 0 aromatic heterocycles. The molecule has 4 fully saturated rings. The van der Waals surface area contributed by atoms with E-state index in [4.69, 9.17) is 0 Å². The van der Waals surface area contributed by atoms with Crippen molar-refractivity contribution in [3.8, 4) is 0 Å². The Morgan fingerprint density at radius 3 is 2.50 bits per heavy atom. The lowest BCUT2D eigenvalue weighted by Crippen LogP contribution is -2.60. The van der Waals surface area contributed by atoms with Crippen LogP contribution >= 0.6 is 0 Å². The average Bonchev–Trinajstić information content (AvgIpc) is 2.65. The van der Waals surface area contributed by atoms with Crippen molar-refractivity contribution < 1.29 is 9.90 Å². The maximum atomic E-state index is 13.0. The predicted molar refractivity (Wildman–Crippen MR) is 87.3 cm³/mol. The van der Waals surface area contributed by atoms with Crippen molar-refractivity contribution in [2.24, 2.45) is 34.0 Å². The van der Waals surface area contributed by atoms with E-state index in [2.05, 4.69) is 27.4 Å². The first-order valence-electron chi connectivity index (χ1n) is 9.15. The maximum Gasteiger partial charge on any atom is 0.165 e. The lowest BCUT2D eigenvalue weighted by molar-refractivity contribution is -0.183. The first-order valence-corrected chi connectivity index (χ1v) is 9.15. The highest BCUT2D eigenvalue weighted by Crippen LogP contribution is 2.70. The van der Waals surface area contributed by atoms with E-state index >= 15 is 0 Å². The number of rotatable bonds is 0. The van der Waals surface area contributed by atoms with Crippen LogP contribution in [0.3, 0.4) is 0 Å². The van der Waals surface area contributed by atoms with E-state index in [9.17, 15) is 9.90 Å². The molecule has 4 saturated carbocycles. The molecular weight excluding hydrogens is 272 g/mol. The summed E-state index contributed by atoms with van der Waals surface area (Å²) in [6.07, 6.45) is 7.33. The van der Waals surface area contributed by atoms with E-state index < -0.39 is 0 Å². The van der Waals surface area contributed by atoms with E-state index in [0.717, 1.165) is 44.1 Å². The minimum Gasteiger partial charge on any atom is -0.393 e. The van der Waals surface area contributed by atoms with Gasteiger partial charge in [0.1, 0.15) is 0 Å². The number of carbonyl (C=O) groups is 1. The lowest BCUT2D eigenvalue weighted by atomic mass is 9.40. The number of fused-ring (bicyclic) bond motifs is 3. The van der Waals surface area contributed by atoms with Gasteiger partial charge in [-0.2, -0.15) is 0 Å². The van der Waals surface area contributed by atoms with Crippen LogP contribution in [-0.2, 0) is 4.79 Å². The van der Waals surface area contributed by atoms with Crippen molar-refractivity contribution in [1.29, 1.82) is 0 Å². The number of aliphatic hydroxyl groups is 1. The number of hydrogen-bond acceptors (Lipinski definition) is 2. The molecule has 4 rings (SSSR count). The van der Waals surface area contributed by atoms with Gasteiger partial charge in [-0.3, -0.25) is 4.79 Å². The zero-order valence-electron chi connectivity index (χ0n) is 14.3. The fourth-order valence-electron chi connectivity index (χ4n) is 7.33. The molecular formula is C20H30O2. The van der Waals surface area contributed by atoms with E-state index in [-0.39, 0.29) is 22.3 Å². The largest absolute Gasteiger partial charge is 0.393 e. The molecule has 2 bridgehead atoms. The monoisotopic (exact) mass is 302 g/mol. The molecule has 0 aromatic carbocycles. The Morgan fingerprint density at radius 1 is 1.05 bits per heavy atom. The van der Waals surface area contributed by atoms with Crippen LogP contribution in [0, 0.1) is 34.0 Å². The summed E-state index contributed by atoms with van der Waals surface area (Å²) in [5, 5.41) is 10.5. The predicted octanol–water partition coefficient (Wildman–Crippen LogP) is 4.13. The zero-order valence-corrected chi connectivity index (χ0v) is 14.3. The molecule has 0 heterocycles. The Morgan fingerprint density at radius 2 is 1.77 bits per heavy atom. The summed E-state index contributed by atoms with van der Waals surface area (Å²) < 4.78 is 0. The highest BCUT2D eigenvalue weighted by atomic mass is 16.3. The zero-order chi connectivity index (χ0) is 15.9. The highest BCUT2D eigenvalue weighted by Gasteiger charge is 2.67. The quantitative estimate of drug-likeness (QED) is 0.683. The maximum absolute atomic E-state index is 13.0. The van der Waals surface area contributed by atoms with Gasteiger partial charge in [0, 0.05) is 5.41 Å². The second kappa shape index (κ2) is 4.26. The minimum absolute atomic E-state index is 0.0237. The SMILES string of the molecule is C=C1C(=O)[C@@]23CC[C@H]4C(C)(C)[C@H](O)CC[C@@]4(C)[C@H]2CC[C@@H]1C3. The number of carbonyl (C=O) groups excluding carboxylic acids is 1. The molecule has 2 nitrogen and oxygen atoms in total. The van der Waals surface area contributed by atoms with E-state index in [1.54, 1.807) is 0 Å². The lowest BCUT2D eigenvalue weighted by Gasteiger charge is -2.64. The first kappa shape index (κ1) is 14.9. The van der Waals surface area contributed by atoms with Crippen LogP contribution < -0.4 is 0 Å². The number of ketones is 1. The smallest absolute Gasteiger partial charge is 0.165 e. The van der Waals surface area contributed by atoms with Gasteiger partial charge in [-0.25, -0.2) is 0 Å². The van der Waals surface area contributed by atoms with Crippen LogP contribution in [0.2, 0.25) is 0 Å². The number of Topliss-reactive ketones (excluding diaryl/α,β-unsaturated/α-hetero) is 1. The molecule has 0 saturated heterocycles. The average molecular weight is 302 g/mol. The molecule has 0 radical (unpaired) electrons. The third-order valence-electron chi connectivity index (χ3n) is 8.50. The summed E-state index contributed by atoms with van der Waals surface area (Å²) >= 11 is 0. The molecule has 22 heavy (non-hydrogen) atoms. The second-order valence-corrected chi connectivity index (χ2v) is 9.51. The van der Waals surface area contributed by atoms with Gasteiger partial charge in [0.05, 0.1) is 6.10 Å². The second-order valence-electron chi connectivity index (χ2n) is 9.51. The third kappa shape index (κ3) is 1.53. The molecule has 4 aliphatic rings. The van der Waals surface area contributed by atoms with Gasteiger partial charge in [0.25, 0.3) is 0 Å². The van der Waals surface area contributed by atoms with E-state index in [1.807, 2.05) is 0 Å². The summed E-state index contributed by atoms with van der Waals surface area (Å²) in [6.45, 7) is 11.1. The van der Waals surface area contributed by atoms with Crippen LogP contribution in [0.15, 0.2) is 12.2 Å². The minimum atomic E-state index is -0.190. The summed E-state index contributed by atoms with van der Waals surface area (Å²) in [6, 6.07) is 0. The van der Waals surface area contributed by atoms with Gasteiger partial charge in [0.15, 0.2) is 5.78 Å². The molecule has 122 valence electrons. The molecule has 0 unspecified atom stereocenters. The topological polar surface area (TPSA) is 37.3 Å². The van der Waals surface area contributed by atoms with Crippen molar-refractivity contribution in [3.05, 3.63) is 12.2 Å². The summed E-state index contributed by atoms with van der Waals surface area (Å²) in [5.74, 6) is 1.92. The van der Waals surface area contributed by atoms with E-state index in [1.165, 1.54) is 6.42 Å². The summed E-state index contributed by atoms with van der Waals surface area (Å²) in [7, 11) is 0. The normalized spacial score (nSPS) is 53.1. The van der Waals surface area contributed by atoms with Gasteiger partial charge < -0.3 is 5.11 Å². The van der Waals surface area contributed by atoms with Crippen molar-refractivity contribution in [3.63, 3.8) is 0 Å². The third-order valence-corrected chi connectivity index (χ3v) is 8.50. The van der Waals surface area contributed by atoms with E-state index in [0.29, 0.717) is 23.5 Å². The molecule has 1 spiro atoms. The molecule has 0 aromatic rings. The Kier molecular flexibility index (Phi) is 2.89. The van der Waals surface area contributed by atoms with Crippen molar-refractivity contribution in [2.45, 2.75) is 71.8 Å². The van der Waals surface area contributed by atoms with Gasteiger partial charge in [-0.15, -0.1) is 0 Å². The summed E-state index contributed by atoms with van der Waals surface area (Å²) in [5.41, 5.74) is 1.03. The van der Waals surface area contributed by atoms with Crippen LogP contribution in [-0.4, -0.2) is 17.0 Å². The van der Waals surface area contributed by atoms with Crippen LogP contribution in [0.4, 0.5) is 0 Å². The van der Waals surface area contributed by atoms with Crippen molar-refractivity contribution in [2.75, 3.05) is 0 Å². The Hall–Kier alpha value is -0.630. The Balaban J connectivity index is 1.78. The fraction of sp³-hybridized carbons (Fsp3) is 0.850. The molecule has 0 amide bonds. The Labute approximate surface area is 134 Å². The van der Waals surface area contributed by atoms with Crippen molar-refractivity contribution >= 4 is 5.78 Å². The van der Waals surface area contributed by atoms with Crippen LogP contribution in [0.5, 0.6) is 0 Å². The van der Waals surface area contributed by atoms with Crippen LogP contribution in [0.1, 0.15) is 65.7 Å². The number of hydrogen-bond donors (Lipinski definition) is 1. The van der Waals surface area contributed by atoms with Gasteiger partial charge in [0.2, 0.25) is 0 Å². The van der Waals surface area contributed by atoms with Crippen LogP contribution in [0.25, 0.3) is 0 Å². The number of allylic oxidation sites excluding steroid dienone is 1. The highest BCUT2D eigenvalue weighted by molar-refractivity contribution is 6.03. The summed E-state index contributed by atoms with van der Waals surface area (Å²) in [4.78, 5) is 13.0. The molecule has 1 N–H and O–H groups in total. The van der Waals surface area contributed by atoms with Crippen molar-refractivity contribution in [1.82, 2.24) is 0 Å². The first-order chi connectivity index (χ1) is 10.2. The van der Waals surface area contributed by atoms with Gasteiger partial charge >= 0.3 is 0 Å². The Bertz CT molecular complexity index is 548. The van der Waals surface area contributed by atoms with Gasteiger partial charge in [-0.1, -0.05) is 27.4 Å². The molecule has 4 aliphatic carbocycles. The molecule has 6 atom stereocenters. The van der Waals surface area contributed by atoms with Gasteiger partial charge in [-0.05, 0) is 79.1 Å². The number of aliphatic hydroxyl groups excluding tert-OH is 1. The molecule has 2 heteroatoms. The standard InChI is InChI=1S/C20H30O2/c1-12-13-5-6-15-19(4)9-8-16(21)18(2,3)14(19)7-10-20(15,11-13)17(12)22/h13-16,21H,1,5-11H2,2-4H3/t13-,14+,15-,16-,19-,20-/m1/s1. The molecule has 0 aliphatic heterocycles.